The average molecular weight is 376 g/mol. The van der Waals surface area contributed by atoms with Gasteiger partial charge in [-0.05, 0) is 52.0 Å². The number of hydrogen-bond acceptors (Lipinski definition) is 4. The summed E-state index contributed by atoms with van der Waals surface area (Å²) in [5, 5.41) is 1.73. The van der Waals surface area contributed by atoms with Crippen LogP contribution in [0, 0.1) is 0 Å². The molecule has 1 aromatic heterocycles. The lowest BCUT2D eigenvalue weighted by atomic mass is 10.1. The minimum Gasteiger partial charge on any atom is -0.497 e. The van der Waals surface area contributed by atoms with Crippen LogP contribution < -0.4 is 9.46 Å². The molecule has 0 bridgehead atoms. The Bertz CT molecular complexity index is 680. The molecule has 0 amide bonds. The summed E-state index contributed by atoms with van der Waals surface area (Å²) in [5.74, 6) is 0.741. The second-order valence-electron chi connectivity index (χ2n) is 4.17. The van der Waals surface area contributed by atoms with E-state index in [1.807, 2.05) is 12.1 Å². The van der Waals surface area contributed by atoms with Crippen LogP contribution in [0.2, 0.25) is 0 Å². The van der Waals surface area contributed by atoms with Crippen LogP contribution in [0.15, 0.2) is 44.4 Å². The van der Waals surface area contributed by atoms with Crippen LogP contribution in [0.1, 0.15) is 18.5 Å². The van der Waals surface area contributed by atoms with E-state index in [0.29, 0.717) is 4.47 Å². The van der Waals surface area contributed by atoms with Crippen molar-refractivity contribution < 1.29 is 13.2 Å². The molecule has 4 nitrogen and oxygen atoms in total. The van der Waals surface area contributed by atoms with Gasteiger partial charge in [-0.1, -0.05) is 12.1 Å². The molecule has 7 heteroatoms. The summed E-state index contributed by atoms with van der Waals surface area (Å²) in [7, 11) is -1.93. The zero-order valence-electron chi connectivity index (χ0n) is 11.0. The van der Waals surface area contributed by atoms with Crippen LogP contribution in [0.25, 0.3) is 0 Å². The van der Waals surface area contributed by atoms with Gasteiger partial charge in [-0.2, -0.15) is 0 Å². The Morgan fingerprint density at radius 2 is 1.90 bits per heavy atom. The third-order valence-electron chi connectivity index (χ3n) is 2.78. The van der Waals surface area contributed by atoms with E-state index in [1.54, 1.807) is 37.6 Å². The Balaban J connectivity index is 2.18. The van der Waals surface area contributed by atoms with Crippen LogP contribution in [-0.4, -0.2) is 15.5 Å². The molecule has 0 spiro atoms. The molecule has 0 radical (unpaired) electrons. The fourth-order valence-electron chi connectivity index (χ4n) is 1.72. The molecule has 1 aromatic carbocycles. The van der Waals surface area contributed by atoms with E-state index in [1.165, 1.54) is 11.3 Å². The molecule has 0 fully saturated rings. The molecule has 0 saturated carbocycles. The Kier molecular flexibility index (Phi) is 4.85. The highest BCUT2D eigenvalue weighted by Gasteiger charge is 2.22. The minimum absolute atomic E-state index is 0.290. The van der Waals surface area contributed by atoms with Crippen LogP contribution in [0.3, 0.4) is 0 Å². The Morgan fingerprint density at radius 3 is 2.40 bits per heavy atom. The minimum atomic E-state index is -3.52. The largest absolute Gasteiger partial charge is 0.497 e. The maximum Gasteiger partial charge on any atom is 0.251 e. The summed E-state index contributed by atoms with van der Waals surface area (Å²) in [5.41, 5.74) is 0.877. The molecular formula is C13H14BrNO3S2. The number of ether oxygens (including phenoxy) is 1. The number of benzene rings is 1. The number of sulfonamides is 1. The van der Waals surface area contributed by atoms with Gasteiger partial charge in [0.15, 0.2) is 0 Å². The van der Waals surface area contributed by atoms with E-state index in [-0.39, 0.29) is 10.3 Å². The summed E-state index contributed by atoms with van der Waals surface area (Å²) < 4.78 is 33.1. The van der Waals surface area contributed by atoms with Crippen LogP contribution in [-0.2, 0) is 10.0 Å². The molecule has 1 unspecified atom stereocenters. The maximum absolute atomic E-state index is 12.3. The fourth-order valence-corrected chi connectivity index (χ4v) is 5.30. The monoisotopic (exact) mass is 375 g/mol. The fraction of sp³-hybridized carbons (Fsp3) is 0.231. The van der Waals surface area contributed by atoms with E-state index in [4.69, 9.17) is 4.74 Å². The molecule has 20 heavy (non-hydrogen) atoms. The van der Waals surface area contributed by atoms with Crippen molar-refractivity contribution in [2.24, 2.45) is 0 Å². The van der Waals surface area contributed by atoms with Gasteiger partial charge >= 0.3 is 0 Å². The molecule has 0 aliphatic rings. The smallest absolute Gasteiger partial charge is 0.251 e. The predicted molar refractivity (Wildman–Crippen MR) is 83.7 cm³/mol. The van der Waals surface area contributed by atoms with Crippen LogP contribution in [0.4, 0.5) is 0 Å². The summed E-state index contributed by atoms with van der Waals surface area (Å²) >= 11 is 4.42. The number of nitrogens with one attached hydrogen (secondary N) is 1. The molecule has 0 aliphatic carbocycles. The van der Waals surface area contributed by atoms with Gasteiger partial charge in [0.25, 0.3) is 10.0 Å². The van der Waals surface area contributed by atoms with Gasteiger partial charge in [-0.3, -0.25) is 0 Å². The van der Waals surface area contributed by atoms with Gasteiger partial charge in [0, 0.05) is 10.5 Å². The Morgan fingerprint density at radius 1 is 1.25 bits per heavy atom. The summed E-state index contributed by atoms with van der Waals surface area (Å²) in [6, 6.07) is 8.70. The van der Waals surface area contributed by atoms with E-state index in [2.05, 4.69) is 20.7 Å². The molecular weight excluding hydrogens is 362 g/mol. The number of halogens is 1. The normalized spacial score (nSPS) is 13.2. The van der Waals surface area contributed by atoms with Gasteiger partial charge in [-0.25, -0.2) is 13.1 Å². The summed E-state index contributed by atoms with van der Waals surface area (Å²) in [6.45, 7) is 1.81. The lowest BCUT2D eigenvalue weighted by molar-refractivity contribution is 0.414. The molecule has 2 aromatic rings. The second kappa shape index (κ2) is 6.26. The van der Waals surface area contributed by atoms with Crippen LogP contribution >= 0.6 is 27.3 Å². The molecule has 0 aliphatic heterocycles. The first-order valence-corrected chi connectivity index (χ1v) is 8.99. The standard InChI is InChI=1S/C13H14BrNO3S2/c1-9(10-3-5-11(18-2)6-4-10)15-20(16,17)13-12(14)7-8-19-13/h3-9,15H,1-2H3. The van der Waals surface area contributed by atoms with Gasteiger partial charge < -0.3 is 4.74 Å². The van der Waals surface area contributed by atoms with Crippen molar-refractivity contribution in [3.05, 3.63) is 45.7 Å². The summed E-state index contributed by atoms with van der Waals surface area (Å²) in [6.07, 6.45) is 0. The number of rotatable bonds is 5. The molecule has 1 N–H and O–H groups in total. The van der Waals surface area contributed by atoms with Gasteiger partial charge in [-0.15, -0.1) is 11.3 Å². The van der Waals surface area contributed by atoms with Crippen molar-refractivity contribution in [1.29, 1.82) is 0 Å². The van der Waals surface area contributed by atoms with Crippen molar-refractivity contribution in [3.63, 3.8) is 0 Å². The third-order valence-corrected chi connectivity index (χ3v) is 6.99. The molecule has 108 valence electrons. The highest BCUT2D eigenvalue weighted by atomic mass is 79.9. The number of hydrogen-bond donors (Lipinski definition) is 1. The van der Waals surface area contributed by atoms with E-state index >= 15 is 0 Å². The first-order chi connectivity index (χ1) is 9.44. The maximum atomic E-state index is 12.3. The highest BCUT2D eigenvalue weighted by molar-refractivity contribution is 9.10. The quantitative estimate of drug-likeness (QED) is 0.868. The third kappa shape index (κ3) is 3.41. The Hall–Kier alpha value is -0.890. The first kappa shape index (κ1) is 15.5. The van der Waals surface area contributed by atoms with Crippen molar-refractivity contribution in [2.75, 3.05) is 7.11 Å². The lowest BCUT2D eigenvalue weighted by Crippen LogP contribution is -2.26. The van der Waals surface area contributed by atoms with E-state index in [9.17, 15) is 8.42 Å². The SMILES string of the molecule is COc1ccc(C(C)NS(=O)(=O)c2sccc2Br)cc1. The van der Waals surface area contributed by atoms with Crippen molar-refractivity contribution in [3.8, 4) is 5.75 Å². The van der Waals surface area contributed by atoms with Crippen molar-refractivity contribution in [2.45, 2.75) is 17.2 Å². The molecule has 1 heterocycles. The highest BCUT2D eigenvalue weighted by Crippen LogP contribution is 2.29. The molecule has 1 atom stereocenters. The van der Waals surface area contributed by atoms with Crippen molar-refractivity contribution in [1.82, 2.24) is 4.72 Å². The summed E-state index contributed by atoms with van der Waals surface area (Å²) in [4.78, 5) is 0. The molecule has 2 rings (SSSR count). The topological polar surface area (TPSA) is 55.4 Å². The van der Waals surface area contributed by atoms with E-state index < -0.39 is 10.0 Å². The van der Waals surface area contributed by atoms with E-state index in [0.717, 1.165) is 11.3 Å². The zero-order chi connectivity index (χ0) is 14.8. The van der Waals surface area contributed by atoms with Crippen LogP contribution in [0.5, 0.6) is 5.75 Å². The van der Waals surface area contributed by atoms with Crippen molar-refractivity contribution >= 4 is 37.3 Å². The zero-order valence-corrected chi connectivity index (χ0v) is 14.2. The Labute approximate surface area is 131 Å². The molecule has 0 saturated heterocycles. The second-order valence-corrected chi connectivity index (χ2v) is 7.85. The van der Waals surface area contributed by atoms with Gasteiger partial charge in [0.05, 0.1) is 7.11 Å². The number of thiophene rings is 1. The van der Waals surface area contributed by atoms with Gasteiger partial charge in [0.1, 0.15) is 9.96 Å². The van der Waals surface area contributed by atoms with Gasteiger partial charge in [0.2, 0.25) is 0 Å². The average Bonchev–Trinajstić information content (AvgIpc) is 2.85. The number of methoxy groups -OCH3 is 1. The first-order valence-electron chi connectivity index (χ1n) is 5.83. The lowest BCUT2D eigenvalue weighted by Gasteiger charge is -2.14. The predicted octanol–water partition coefficient (Wildman–Crippen LogP) is 3.56.